The van der Waals surface area contributed by atoms with E-state index in [0.29, 0.717) is 19.8 Å². The van der Waals surface area contributed by atoms with E-state index in [0.717, 1.165) is 65.7 Å². The normalized spacial score (nSPS) is 15.9. The van der Waals surface area contributed by atoms with Crippen molar-refractivity contribution in [3.05, 3.63) is 70.4 Å². The molecule has 0 atom stereocenters. The molecule has 1 aromatic carbocycles. The zero-order valence-electron chi connectivity index (χ0n) is 20.2. The van der Waals surface area contributed by atoms with Crippen molar-refractivity contribution in [2.45, 2.75) is 32.7 Å². The molecular formula is C26H29N7O3. The van der Waals surface area contributed by atoms with Crippen molar-refractivity contribution in [3.8, 4) is 0 Å². The number of benzene rings is 1. The quantitative estimate of drug-likeness (QED) is 0.527. The standard InChI is InChI=1S/C26H29N7O3/c1-2-18-13-21(32-9-11-36-12-10-32)31-22(20-14-28-26(27)29-15-20)23-24(18)33(16-30-23)8-7-17-3-5-19(6-4-17)25(34)35/h3-6,14-16H,2,7-13H2,1H3,(H,34,35)(H2,27,28,29). The number of hydrogen-bond acceptors (Lipinski definition) is 8. The smallest absolute Gasteiger partial charge is 0.335 e. The maximum absolute atomic E-state index is 11.2. The van der Waals surface area contributed by atoms with E-state index >= 15 is 0 Å². The van der Waals surface area contributed by atoms with Crippen LogP contribution in [0, 0.1) is 0 Å². The van der Waals surface area contributed by atoms with Gasteiger partial charge in [-0.1, -0.05) is 19.1 Å². The predicted octanol–water partition coefficient (Wildman–Crippen LogP) is 1.05. The van der Waals surface area contributed by atoms with E-state index in [1.807, 2.05) is 18.5 Å². The number of fused-ring (bicyclic) bond motifs is 1. The molecule has 0 radical (unpaired) electrons. The average Bonchev–Trinajstić information content (AvgIpc) is 3.24. The van der Waals surface area contributed by atoms with Crippen molar-refractivity contribution >= 4 is 29.0 Å². The van der Waals surface area contributed by atoms with Crippen LogP contribution in [0.25, 0.3) is 11.3 Å². The molecule has 0 unspecified atom stereocenters. The van der Waals surface area contributed by atoms with Crippen LogP contribution in [0.15, 0.2) is 48.0 Å². The summed E-state index contributed by atoms with van der Waals surface area (Å²) in [5.74, 6) is 0.288. The first-order valence-electron chi connectivity index (χ1n) is 12.1. The van der Waals surface area contributed by atoms with E-state index in [1.54, 1.807) is 24.5 Å². The minimum Gasteiger partial charge on any atom is -0.478 e. The number of anilines is 1. The molecule has 1 fully saturated rings. The summed E-state index contributed by atoms with van der Waals surface area (Å²) < 4.78 is 7.74. The predicted molar refractivity (Wildman–Crippen MR) is 136 cm³/mol. The van der Waals surface area contributed by atoms with Gasteiger partial charge >= 0.3 is 5.97 Å². The van der Waals surface area contributed by atoms with Gasteiger partial charge in [-0.2, -0.15) is 0 Å². The number of nitrogen functional groups attached to an aromatic ring is 1. The Bertz CT molecular complexity index is 1400. The Morgan fingerprint density at radius 3 is 2.50 bits per heavy atom. The molecule has 0 spiro atoms. The monoisotopic (exact) mass is 487 g/mol. The van der Waals surface area contributed by atoms with Crippen molar-refractivity contribution in [2.75, 3.05) is 32.0 Å². The molecule has 2 aromatic heterocycles. The highest BCUT2D eigenvalue weighted by molar-refractivity contribution is 5.94. The highest BCUT2D eigenvalue weighted by Gasteiger charge is 2.22. The Balaban J connectivity index is 1.58. The first-order valence-corrected chi connectivity index (χ1v) is 12.1. The van der Waals surface area contributed by atoms with Gasteiger partial charge in [0.05, 0.1) is 30.5 Å². The van der Waals surface area contributed by atoms with Crippen LogP contribution in [0.1, 0.15) is 41.3 Å². The lowest BCUT2D eigenvalue weighted by Crippen LogP contribution is -2.41. The summed E-state index contributed by atoms with van der Waals surface area (Å²) in [5, 5.41) is 11.0. The molecule has 0 saturated carbocycles. The number of aryl methyl sites for hydroxylation is 2. The molecule has 2 aliphatic rings. The molecule has 10 heteroatoms. The van der Waals surface area contributed by atoms with Crippen LogP contribution in [0.4, 0.5) is 5.95 Å². The minimum atomic E-state index is -0.922. The van der Waals surface area contributed by atoms with E-state index in [-0.39, 0.29) is 11.5 Å². The molecule has 2 aliphatic heterocycles. The maximum atomic E-state index is 11.2. The Kier molecular flexibility index (Phi) is 6.77. The molecular weight excluding hydrogens is 458 g/mol. The summed E-state index contributed by atoms with van der Waals surface area (Å²) in [6, 6.07) is 7.02. The van der Waals surface area contributed by atoms with Crippen molar-refractivity contribution in [1.29, 1.82) is 0 Å². The number of carbonyl (C=O) groups is 1. The highest BCUT2D eigenvalue weighted by atomic mass is 16.5. The van der Waals surface area contributed by atoms with E-state index in [9.17, 15) is 4.79 Å². The van der Waals surface area contributed by atoms with Crippen LogP contribution < -0.4 is 16.4 Å². The van der Waals surface area contributed by atoms with Crippen molar-refractivity contribution in [1.82, 2.24) is 24.4 Å². The third kappa shape index (κ3) is 4.85. The van der Waals surface area contributed by atoms with E-state index in [1.165, 1.54) is 5.57 Å². The number of amidine groups is 1. The number of imidazole rings is 1. The van der Waals surface area contributed by atoms with Crippen LogP contribution in [0.2, 0.25) is 0 Å². The number of aliphatic imine (C=N–C) groups is 1. The zero-order valence-corrected chi connectivity index (χ0v) is 20.2. The molecule has 0 bridgehead atoms. The lowest BCUT2D eigenvalue weighted by atomic mass is 10.1. The summed E-state index contributed by atoms with van der Waals surface area (Å²) in [4.78, 5) is 31.8. The van der Waals surface area contributed by atoms with Gasteiger partial charge in [-0.3, -0.25) is 0 Å². The lowest BCUT2D eigenvalue weighted by Gasteiger charge is -2.30. The largest absolute Gasteiger partial charge is 0.478 e. The number of ether oxygens (including phenoxy) is 1. The van der Waals surface area contributed by atoms with E-state index in [2.05, 4.69) is 26.4 Å². The zero-order chi connectivity index (χ0) is 25.1. The fourth-order valence-electron chi connectivity index (χ4n) is 4.61. The molecule has 3 aromatic rings. The van der Waals surface area contributed by atoms with Gasteiger partial charge in [0.2, 0.25) is 5.95 Å². The fraction of sp³-hybridized carbons (Fsp3) is 0.346. The van der Waals surface area contributed by atoms with Crippen LogP contribution in [-0.4, -0.2) is 67.6 Å². The molecule has 0 aliphatic carbocycles. The minimum absolute atomic E-state index is 0.214. The Hall–Kier alpha value is -4.05. The molecule has 36 heavy (non-hydrogen) atoms. The summed E-state index contributed by atoms with van der Waals surface area (Å²) in [6.07, 6.45) is 7.59. The number of carboxylic acid groups (broad SMARTS) is 1. The number of nitrogens with zero attached hydrogens (tertiary/aromatic N) is 6. The molecule has 5 rings (SSSR count). The van der Waals surface area contributed by atoms with Gasteiger partial charge in [-0.05, 0) is 36.1 Å². The second-order valence-electron chi connectivity index (χ2n) is 8.83. The molecule has 0 amide bonds. The van der Waals surface area contributed by atoms with Crippen LogP contribution in [0.3, 0.4) is 0 Å². The number of aromatic nitrogens is 4. The second kappa shape index (κ2) is 10.3. The van der Waals surface area contributed by atoms with Gasteiger partial charge in [0.25, 0.3) is 0 Å². The second-order valence-corrected chi connectivity index (χ2v) is 8.83. The first-order chi connectivity index (χ1) is 17.5. The summed E-state index contributed by atoms with van der Waals surface area (Å²) in [5.41, 5.74) is 9.87. The Labute approximate surface area is 208 Å². The Morgan fingerprint density at radius 1 is 1.11 bits per heavy atom. The molecule has 4 heterocycles. The number of hydrogen-bond donors (Lipinski definition) is 2. The molecule has 186 valence electrons. The Morgan fingerprint density at radius 2 is 1.83 bits per heavy atom. The third-order valence-electron chi connectivity index (χ3n) is 6.60. The van der Waals surface area contributed by atoms with Crippen LogP contribution >= 0.6 is 0 Å². The number of rotatable bonds is 6. The lowest BCUT2D eigenvalue weighted by molar-refractivity contribution is 0.0675. The highest BCUT2D eigenvalue weighted by Crippen LogP contribution is 2.19. The van der Waals surface area contributed by atoms with Gasteiger partial charge in [0, 0.05) is 44.0 Å². The molecule has 1 saturated heterocycles. The van der Waals surface area contributed by atoms with Gasteiger partial charge in [-0.15, -0.1) is 0 Å². The van der Waals surface area contributed by atoms with Crippen LogP contribution in [0.5, 0.6) is 0 Å². The van der Waals surface area contributed by atoms with E-state index < -0.39 is 5.97 Å². The average molecular weight is 488 g/mol. The van der Waals surface area contributed by atoms with Gasteiger partial charge in [-0.25, -0.2) is 24.7 Å². The summed E-state index contributed by atoms with van der Waals surface area (Å²) in [7, 11) is 0. The number of carboxylic acids is 1. The number of morpholine rings is 1. The summed E-state index contributed by atoms with van der Waals surface area (Å²) >= 11 is 0. The SMILES string of the molecule is CCC1=c2c(ncn2CCc2ccc(C(=O)O)cc2)=C(c2cnc(N)nc2)N=C(N2CCOCC2)C1. The van der Waals surface area contributed by atoms with Gasteiger partial charge < -0.3 is 25.0 Å². The first kappa shape index (κ1) is 23.7. The number of nitrogens with two attached hydrogens (primary N) is 1. The molecule has 3 N–H and O–H groups in total. The molecule has 10 nitrogen and oxygen atoms in total. The topological polar surface area (TPSA) is 132 Å². The van der Waals surface area contributed by atoms with E-state index in [4.69, 9.17) is 25.6 Å². The van der Waals surface area contributed by atoms with Crippen molar-refractivity contribution in [2.24, 2.45) is 4.99 Å². The third-order valence-corrected chi connectivity index (χ3v) is 6.60. The van der Waals surface area contributed by atoms with Crippen molar-refractivity contribution < 1.29 is 14.6 Å². The number of aromatic carboxylic acids is 1. The van der Waals surface area contributed by atoms with Gasteiger partial charge in [0.15, 0.2) is 0 Å². The van der Waals surface area contributed by atoms with Crippen molar-refractivity contribution in [3.63, 3.8) is 0 Å². The summed E-state index contributed by atoms with van der Waals surface area (Å²) in [6.45, 7) is 5.82. The fourth-order valence-corrected chi connectivity index (χ4v) is 4.61. The van der Waals surface area contributed by atoms with Crippen LogP contribution in [-0.2, 0) is 17.7 Å². The maximum Gasteiger partial charge on any atom is 0.335 e. The van der Waals surface area contributed by atoms with Gasteiger partial charge in [0.1, 0.15) is 16.9 Å².